The predicted molar refractivity (Wildman–Crippen MR) is 49.7 cm³/mol. The van der Waals surface area contributed by atoms with Gasteiger partial charge in [0.15, 0.2) is 5.82 Å². The van der Waals surface area contributed by atoms with E-state index in [1.807, 2.05) is 36.4 Å². The summed E-state index contributed by atoms with van der Waals surface area (Å²) in [6.45, 7) is 0. The average molecular weight is 172 g/mol. The zero-order valence-corrected chi connectivity index (χ0v) is 6.92. The zero-order valence-electron chi connectivity index (χ0n) is 6.92. The number of rotatable bonds is 2. The summed E-state index contributed by atoms with van der Waals surface area (Å²) in [5, 5.41) is 3.66. The third-order valence-electron chi connectivity index (χ3n) is 1.60. The van der Waals surface area contributed by atoms with Crippen LogP contribution in [-0.2, 0) is 0 Å². The standard InChI is InChI=1S/C10H8N2O/c1-2-4-9(5-3-1)6-7-10-11-8-13-12-10/h1-8H. The number of hydrogen-bond donors (Lipinski definition) is 0. The minimum Gasteiger partial charge on any atom is -0.342 e. The van der Waals surface area contributed by atoms with Crippen LogP contribution >= 0.6 is 0 Å². The van der Waals surface area contributed by atoms with Crippen LogP contribution in [0.5, 0.6) is 0 Å². The molecule has 3 nitrogen and oxygen atoms in total. The highest BCUT2D eigenvalue weighted by atomic mass is 16.5. The molecule has 64 valence electrons. The maximum atomic E-state index is 4.59. The molecule has 0 saturated heterocycles. The first kappa shape index (κ1) is 7.73. The van der Waals surface area contributed by atoms with Crippen LogP contribution < -0.4 is 0 Å². The van der Waals surface area contributed by atoms with E-state index in [1.165, 1.54) is 6.39 Å². The summed E-state index contributed by atoms with van der Waals surface area (Å²) in [6.07, 6.45) is 5.05. The number of hydrogen-bond acceptors (Lipinski definition) is 3. The lowest BCUT2D eigenvalue weighted by molar-refractivity contribution is 0.415. The molecule has 0 fully saturated rings. The largest absolute Gasteiger partial charge is 0.342 e. The molecule has 0 spiro atoms. The van der Waals surface area contributed by atoms with E-state index < -0.39 is 0 Å². The molecule has 0 aliphatic rings. The summed E-state index contributed by atoms with van der Waals surface area (Å²) in [5.41, 5.74) is 1.12. The molecule has 0 aliphatic carbocycles. The van der Waals surface area contributed by atoms with Crippen molar-refractivity contribution in [1.82, 2.24) is 10.1 Å². The highest BCUT2D eigenvalue weighted by Gasteiger charge is 1.89. The van der Waals surface area contributed by atoms with Crippen LogP contribution in [0.15, 0.2) is 41.2 Å². The van der Waals surface area contributed by atoms with Gasteiger partial charge < -0.3 is 4.52 Å². The molecule has 0 radical (unpaired) electrons. The van der Waals surface area contributed by atoms with Crippen LogP contribution in [0.2, 0.25) is 0 Å². The monoisotopic (exact) mass is 172 g/mol. The minimum atomic E-state index is 0.587. The molecule has 2 aromatic rings. The van der Waals surface area contributed by atoms with Gasteiger partial charge in [-0.1, -0.05) is 41.6 Å². The van der Waals surface area contributed by atoms with Crippen molar-refractivity contribution in [2.75, 3.05) is 0 Å². The van der Waals surface area contributed by atoms with Gasteiger partial charge in [0.05, 0.1) is 0 Å². The fourth-order valence-electron chi connectivity index (χ4n) is 0.987. The maximum Gasteiger partial charge on any atom is 0.214 e. The molecule has 0 N–H and O–H groups in total. The van der Waals surface area contributed by atoms with E-state index >= 15 is 0 Å². The summed E-state index contributed by atoms with van der Waals surface area (Å²) in [5.74, 6) is 0.587. The van der Waals surface area contributed by atoms with E-state index in [0.29, 0.717) is 5.82 Å². The molecule has 0 aliphatic heterocycles. The van der Waals surface area contributed by atoms with Crippen LogP contribution in [0.25, 0.3) is 12.2 Å². The Bertz CT molecular complexity index is 379. The summed E-state index contributed by atoms with van der Waals surface area (Å²) in [6, 6.07) is 9.96. The first-order valence-corrected chi connectivity index (χ1v) is 3.95. The van der Waals surface area contributed by atoms with Gasteiger partial charge in [-0.25, -0.2) is 0 Å². The van der Waals surface area contributed by atoms with Crippen molar-refractivity contribution in [3.8, 4) is 0 Å². The van der Waals surface area contributed by atoms with E-state index in [9.17, 15) is 0 Å². The first-order chi connectivity index (χ1) is 6.45. The molecule has 0 amide bonds. The quantitative estimate of drug-likeness (QED) is 0.697. The Balaban J connectivity index is 2.15. The highest BCUT2D eigenvalue weighted by Crippen LogP contribution is 2.03. The Morgan fingerprint density at radius 2 is 1.92 bits per heavy atom. The second-order valence-corrected chi connectivity index (χ2v) is 2.53. The normalized spacial score (nSPS) is 10.8. The van der Waals surface area contributed by atoms with Crippen molar-refractivity contribution in [1.29, 1.82) is 0 Å². The van der Waals surface area contributed by atoms with Crippen molar-refractivity contribution in [3.05, 3.63) is 48.1 Å². The predicted octanol–water partition coefficient (Wildman–Crippen LogP) is 2.24. The van der Waals surface area contributed by atoms with E-state index in [4.69, 9.17) is 0 Å². The van der Waals surface area contributed by atoms with Gasteiger partial charge in [0.25, 0.3) is 0 Å². The molecular weight excluding hydrogens is 164 g/mol. The molecule has 13 heavy (non-hydrogen) atoms. The lowest BCUT2D eigenvalue weighted by Crippen LogP contribution is -1.73. The van der Waals surface area contributed by atoms with Gasteiger partial charge >= 0.3 is 0 Å². The van der Waals surface area contributed by atoms with Gasteiger partial charge in [0.1, 0.15) is 0 Å². The smallest absolute Gasteiger partial charge is 0.214 e. The highest BCUT2D eigenvalue weighted by molar-refractivity contribution is 5.66. The van der Waals surface area contributed by atoms with Gasteiger partial charge in [-0.15, -0.1) is 0 Å². The van der Waals surface area contributed by atoms with E-state index in [-0.39, 0.29) is 0 Å². The van der Waals surface area contributed by atoms with Crippen LogP contribution in [0, 0.1) is 0 Å². The summed E-state index contributed by atoms with van der Waals surface area (Å²) in [7, 11) is 0. The molecule has 1 aromatic heterocycles. The van der Waals surface area contributed by atoms with E-state index in [0.717, 1.165) is 5.56 Å². The van der Waals surface area contributed by atoms with Gasteiger partial charge in [0.2, 0.25) is 6.39 Å². The topological polar surface area (TPSA) is 38.9 Å². The van der Waals surface area contributed by atoms with Gasteiger partial charge in [-0.3, -0.25) is 0 Å². The van der Waals surface area contributed by atoms with E-state index in [2.05, 4.69) is 14.7 Å². The van der Waals surface area contributed by atoms with Crippen LogP contribution in [-0.4, -0.2) is 10.1 Å². The zero-order chi connectivity index (χ0) is 8.93. The average Bonchev–Trinajstić information content (AvgIpc) is 2.69. The molecule has 1 aromatic carbocycles. The fraction of sp³-hybridized carbons (Fsp3) is 0. The molecule has 0 unspecified atom stereocenters. The number of aromatic nitrogens is 2. The number of benzene rings is 1. The SMILES string of the molecule is C(=Cc1ncon1)c1ccccc1. The molecule has 2 rings (SSSR count). The van der Waals surface area contributed by atoms with Crippen LogP contribution in [0.1, 0.15) is 11.4 Å². The van der Waals surface area contributed by atoms with Crippen molar-refractivity contribution >= 4 is 12.2 Å². The van der Waals surface area contributed by atoms with Crippen molar-refractivity contribution in [2.24, 2.45) is 0 Å². The second kappa shape index (κ2) is 3.67. The van der Waals surface area contributed by atoms with Crippen LogP contribution in [0.4, 0.5) is 0 Å². The molecule has 0 saturated carbocycles. The Hall–Kier alpha value is -1.90. The lowest BCUT2D eigenvalue weighted by Gasteiger charge is -1.88. The Kier molecular flexibility index (Phi) is 2.18. The minimum absolute atomic E-state index is 0.587. The van der Waals surface area contributed by atoms with E-state index in [1.54, 1.807) is 6.08 Å². The second-order valence-electron chi connectivity index (χ2n) is 2.53. The van der Waals surface area contributed by atoms with Gasteiger partial charge in [-0.2, -0.15) is 4.98 Å². The van der Waals surface area contributed by atoms with Crippen molar-refractivity contribution in [2.45, 2.75) is 0 Å². The third kappa shape index (κ3) is 2.02. The lowest BCUT2D eigenvalue weighted by atomic mass is 10.2. The summed E-state index contributed by atoms with van der Waals surface area (Å²) in [4.78, 5) is 3.87. The molecule has 0 bridgehead atoms. The van der Waals surface area contributed by atoms with Crippen molar-refractivity contribution < 1.29 is 4.52 Å². The molecule has 1 heterocycles. The molecule has 0 atom stereocenters. The molecular formula is C10H8N2O. The Morgan fingerprint density at radius 3 is 2.62 bits per heavy atom. The fourth-order valence-corrected chi connectivity index (χ4v) is 0.987. The van der Waals surface area contributed by atoms with Gasteiger partial charge in [0, 0.05) is 0 Å². The molecule has 3 heteroatoms. The summed E-state index contributed by atoms with van der Waals surface area (Å²) >= 11 is 0. The maximum absolute atomic E-state index is 4.59. The summed E-state index contributed by atoms with van der Waals surface area (Å²) < 4.78 is 4.59. The van der Waals surface area contributed by atoms with Crippen LogP contribution in [0.3, 0.4) is 0 Å². The Labute approximate surface area is 75.7 Å². The van der Waals surface area contributed by atoms with Crippen molar-refractivity contribution in [3.63, 3.8) is 0 Å². The van der Waals surface area contributed by atoms with Gasteiger partial charge in [-0.05, 0) is 11.6 Å². The first-order valence-electron chi connectivity index (χ1n) is 3.95. The number of nitrogens with zero attached hydrogens (tertiary/aromatic N) is 2. The Morgan fingerprint density at radius 1 is 1.08 bits per heavy atom. The third-order valence-corrected chi connectivity index (χ3v) is 1.60.